The third kappa shape index (κ3) is 3.72. The van der Waals surface area contributed by atoms with Crippen LogP contribution in [0.25, 0.3) is 0 Å². The summed E-state index contributed by atoms with van der Waals surface area (Å²) in [7, 11) is 0. The number of halogens is 2. The summed E-state index contributed by atoms with van der Waals surface area (Å²) in [4.78, 5) is 22.8. The number of hydrazine groups is 1. The SMILES string of the molecule is CC(C(N)=O)c1cccc(N(c2ccc(Cl)cc2Cl)[N+](=O)[O-])c1. The van der Waals surface area contributed by atoms with Crippen LogP contribution in [-0.2, 0) is 4.79 Å². The largest absolute Gasteiger partial charge is 0.369 e. The zero-order valence-corrected chi connectivity index (χ0v) is 13.6. The number of anilines is 2. The summed E-state index contributed by atoms with van der Waals surface area (Å²) in [5.41, 5.74) is 6.29. The van der Waals surface area contributed by atoms with Crippen molar-refractivity contribution in [3.63, 3.8) is 0 Å². The molecule has 0 heterocycles. The Kier molecular flexibility index (Phi) is 5.08. The Hall–Kier alpha value is -2.31. The first-order chi connectivity index (χ1) is 10.8. The highest BCUT2D eigenvalue weighted by molar-refractivity contribution is 6.36. The number of nitro groups is 1. The molecule has 2 aromatic rings. The molecule has 0 radical (unpaired) electrons. The normalized spacial score (nSPS) is 11.8. The standard InChI is InChI=1S/C15H13Cl2N3O3/c1-9(15(18)21)10-3-2-4-12(7-10)19(20(22)23)14-6-5-11(16)8-13(14)17/h2-9H,1H3,(H2,18,21). The minimum atomic E-state index is -0.594. The van der Waals surface area contributed by atoms with Gasteiger partial charge in [0.2, 0.25) is 5.91 Å². The van der Waals surface area contributed by atoms with Crippen LogP contribution in [0.1, 0.15) is 18.4 Å². The molecule has 23 heavy (non-hydrogen) atoms. The predicted molar refractivity (Wildman–Crippen MR) is 89.6 cm³/mol. The highest BCUT2D eigenvalue weighted by atomic mass is 35.5. The molecule has 2 aromatic carbocycles. The van der Waals surface area contributed by atoms with Crippen LogP contribution < -0.4 is 10.7 Å². The Bertz CT molecular complexity index is 767. The number of primary amides is 1. The van der Waals surface area contributed by atoms with Crippen molar-refractivity contribution in [3.05, 3.63) is 68.2 Å². The van der Waals surface area contributed by atoms with E-state index in [1.54, 1.807) is 25.1 Å². The lowest BCUT2D eigenvalue weighted by Crippen LogP contribution is -2.25. The molecular formula is C15H13Cl2N3O3. The lowest BCUT2D eigenvalue weighted by Gasteiger charge is -2.17. The second-order valence-corrected chi connectivity index (χ2v) is 5.71. The van der Waals surface area contributed by atoms with E-state index in [9.17, 15) is 14.9 Å². The summed E-state index contributed by atoms with van der Waals surface area (Å²) >= 11 is 11.9. The minimum absolute atomic E-state index is 0.141. The van der Waals surface area contributed by atoms with E-state index in [1.807, 2.05) is 0 Å². The van der Waals surface area contributed by atoms with Crippen molar-refractivity contribution in [1.29, 1.82) is 0 Å². The first-order valence-electron chi connectivity index (χ1n) is 6.60. The number of nitrogens with zero attached hydrogens (tertiary/aromatic N) is 2. The van der Waals surface area contributed by atoms with Crippen molar-refractivity contribution < 1.29 is 9.83 Å². The van der Waals surface area contributed by atoms with E-state index in [2.05, 4.69) is 0 Å². The number of nitrogens with two attached hydrogens (primary N) is 1. The number of hydrogen-bond acceptors (Lipinski definition) is 3. The van der Waals surface area contributed by atoms with Crippen LogP contribution >= 0.6 is 23.2 Å². The van der Waals surface area contributed by atoms with Gasteiger partial charge in [0.25, 0.3) is 0 Å². The van der Waals surface area contributed by atoms with Crippen LogP contribution in [0.5, 0.6) is 0 Å². The fraction of sp³-hybridized carbons (Fsp3) is 0.133. The average molecular weight is 354 g/mol. The number of hydrogen-bond donors (Lipinski definition) is 1. The number of amides is 1. The molecular weight excluding hydrogens is 341 g/mol. The molecule has 1 atom stereocenters. The van der Waals surface area contributed by atoms with Gasteiger partial charge in [0, 0.05) is 5.02 Å². The van der Waals surface area contributed by atoms with Gasteiger partial charge in [0.15, 0.2) is 5.03 Å². The zero-order valence-electron chi connectivity index (χ0n) is 12.1. The highest BCUT2D eigenvalue weighted by Crippen LogP contribution is 2.34. The molecule has 0 aliphatic rings. The lowest BCUT2D eigenvalue weighted by atomic mass is 10.00. The third-order valence-corrected chi connectivity index (χ3v) is 3.88. The van der Waals surface area contributed by atoms with E-state index >= 15 is 0 Å². The fourth-order valence-corrected chi connectivity index (χ4v) is 2.55. The summed E-state index contributed by atoms with van der Waals surface area (Å²) in [6, 6.07) is 10.8. The average Bonchev–Trinajstić information content (AvgIpc) is 2.49. The van der Waals surface area contributed by atoms with Crippen molar-refractivity contribution >= 4 is 40.5 Å². The first-order valence-corrected chi connectivity index (χ1v) is 7.35. The van der Waals surface area contributed by atoms with Crippen LogP contribution in [0, 0.1) is 10.1 Å². The van der Waals surface area contributed by atoms with Gasteiger partial charge in [-0.1, -0.05) is 40.3 Å². The third-order valence-electron chi connectivity index (χ3n) is 3.34. The summed E-state index contributed by atoms with van der Waals surface area (Å²) in [6.45, 7) is 1.63. The molecule has 8 heteroatoms. The molecule has 0 fully saturated rings. The van der Waals surface area contributed by atoms with Crippen molar-refractivity contribution in [2.75, 3.05) is 5.01 Å². The van der Waals surface area contributed by atoms with Crippen LogP contribution in [0.2, 0.25) is 10.0 Å². The van der Waals surface area contributed by atoms with Crippen molar-refractivity contribution in [3.8, 4) is 0 Å². The van der Waals surface area contributed by atoms with Gasteiger partial charge in [-0.25, -0.2) is 10.1 Å². The number of benzene rings is 2. The van der Waals surface area contributed by atoms with Crippen molar-refractivity contribution in [2.45, 2.75) is 12.8 Å². The molecule has 0 saturated carbocycles. The second-order valence-electron chi connectivity index (χ2n) is 4.86. The molecule has 1 amide bonds. The molecule has 2 rings (SSSR count). The van der Waals surface area contributed by atoms with Gasteiger partial charge < -0.3 is 5.73 Å². The topological polar surface area (TPSA) is 89.5 Å². The molecule has 0 aliphatic carbocycles. The summed E-state index contributed by atoms with van der Waals surface area (Å²) in [5, 5.41) is 12.3. The maximum Gasteiger partial charge on any atom is 0.224 e. The molecule has 0 aromatic heterocycles. The monoisotopic (exact) mass is 353 g/mol. The van der Waals surface area contributed by atoms with Gasteiger partial charge in [0.1, 0.15) is 11.4 Å². The van der Waals surface area contributed by atoms with Gasteiger partial charge in [0.05, 0.1) is 10.9 Å². The van der Waals surface area contributed by atoms with Crippen LogP contribution in [-0.4, -0.2) is 10.9 Å². The summed E-state index contributed by atoms with van der Waals surface area (Å²) < 4.78 is 0. The molecule has 0 spiro atoms. The van der Waals surface area contributed by atoms with E-state index in [0.29, 0.717) is 10.6 Å². The Balaban J connectivity index is 2.52. The molecule has 0 aliphatic heterocycles. The van der Waals surface area contributed by atoms with Crippen molar-refractivity contribution in [2.24, 2.45) is 5.73 Å². The fourth-order valence-electron chi connectivity index (χ4n) is 2.06. The maximum atomic E-state index is 11.5. The molecule has 6 nitrogen and oxygen atoms in total. The van der Waals surface area contributed by atoms with Gasteiger partial charge in [-0.05, 0) is 42.8 Å². The quantitative estimate of drug-likeness (QED) is 0.651. The maximum absolute atomic E-state index is 11.5. The van der Waals surface area contributed by atoms with Gasteiger partial charge in [-0.2, -0.15) is 0 Å². The number of carbonyl (C=O) groups excluding carboxylic acids is 1. The Labute approximate surface area is 142 Å². The Morgan fingerprint density at radius 1 is 1.26 bits per heavy atom. The van der Waals surface area contributed by atoms with Gasteiger partial charge >= 0.3 is 0 Å². The molecule has 120 valence electrons. The highest BCUT2D eigenvalue weighted by Gasteiger charge is 2.24. The van der Waals surface area contributed by atoms with Gasteiger partial charge in [-0.3, -0.25) is 4.79 Å². The van der Waals surface area contributed by atoms with E-state index in [4.69, 9.17) is 28.9 Å². The number of carbonyl (C=O) groups is 1. The lowest BCUT2D eigenvalue weighted by molar-refractivity contribution is -0.483. The Morgan fingerprint density at radius 2 is 1.96 bits per heavy atom. The molecule has 1 unspecified atom stereocenters. The van der Waals surface area contributed by atoms with E-state index in [1.165, 1.54) is 24.3 Å². The van der Waals surface area contributed by atoms with Gasteiger partial charge in [-0.15, -0.1) is 0 Å². The molecule has 0 saturated heterocycles. The van der Waals surface area contributed by atoms with Crippen LogP contribution in [0.4, 0.5) is 11.4 Å². The summed E-state index contributed by atoms with van der Waals surface area (Å²) in [6.07, 6.45) is 0. The van der Waals surface area contributed by atoms with Crippen LogP contribution in [0.15, 0.2) is 42.5 Å². The smallest absolute Gasteiger partial charge is 0.224 e. The van der Waals surface area contributed by atoms with Crippen LogP contribution in [0.3, 0.4) is 0 Å². The number of rotatable bonds is 5. The second kappa shape index (κ2) is 6.85. The minimum Gasteiger partial charge on any atom is -0.369 e. The van der Waals surface area contributed by atoms with E-state index < -0.39 is 16.9 Å². The van der Waals surface area contributed by atoms with E-state index in [0.717, 1.165) is 5.01 Å². The predicted octanol–water partition coefficient (Wildman–Crippen LogP) is 3.91. The Morgan fingerprint density at radius 3 is 2.52 bits per heavy atom. The zero-order chi connectivity index (χ0) is 17.1. The first kappa shape index (κ1) is 17.1. The van der Waals surface area contributed by atoms with E-state index in [-0.39, 0.29) is 16.4 Å². The molecule has 2 N–H and O–H groups in total. The summed E-state index contributed by atoms with van der Waals surface area (Å²) in [5.74, 6) is -1.08. The molecule has 0 bridgehead atoms. The van der Waals surface area contributed by atoms with Crippen molar-refractivity contribution in [1.82, 2.24) is 0 Å².